The van der Waals surface area contributed by atoms with Gasteiger partial charge >= 0.3 is 6.03 Å². The molecule has 0 bridgehead atoms. The third kappa shape index (κ3) is 4.74. The summed E-state index contributed by atoms with van der Waals surface area (Å²) in [7, 11) is 1.87. The average molecular weight is 355 g/mol. The van der Waals surface area contributed by atoms with E-state index >= 15 is 0 Å². The van der Waals surface area contributed by atoms with Crippen molar-refractivity contribution in [2.45, 2.75) is 19.4 Å². The topological polar surface area (TPSA) is 44.8 Å². The SMILES string of the molecule is C[C@H](NC(=O)N(C)CCCN1CCOCC1)c1cccc2ccccc12. The van der Waals surface area contributed by atoms with Crippen molar-refractivity contribution in [2.75, 3.05) is 46.4 Å². The highest BCUT2D eigenvalue weighted by molar-refractivity contribution is 5.86. The molecule has 5 nitrogen and oxygen atoms in total. The number of hydrogen-bond acceptors (Lipinski definition) is 3. The second-order valence-corrected chi connectivity index (χ2v) is 6.97. The van der Waals surface area contributed by atoms with Crippen LogP contribution in [0.5, 0.6) is 0 Å². The van der Waals surface area contributed by atoms with Crippen molar-refractivity contribution in [1.29, 1.82) is 0 Å². The molecular formula is C21H29N3O2. The molecule has 1 heterocycles. The Morgan fingerprint density at radius 1 is 1.19 bits per heavy atom. The van der Waals surface area contributed by atoms with Gasteiger partial charge in [0.1, 0.15) is 0 Å². The zero-order chi connectivity index (χ0) is 18.4. The number of hydrogen-bond donors (Lipinski definition) is 1. The Morgan fingerprint density at radius 3 is 2.73 bits per heavy atom. The molecule has 0 aromatic heterocycles. The molecule has 2 aromatic rings. The van der Waals surface area contributed by atoms with Crippen LogP contribution in [0.2, 0.25) is 0 Å². The van der Waals surface area contributed by atoms with Gasteiger partial charge in [-0.3, -0.25) is 4.90 Å². The molecule has 0 radical (unpaired) electrons. The maximum absolute atomic E-state index is 12.5. The summed E-state index contributed by atoms with van der Waals surface area (Å²) in [6.45, 7) is 7.44. The molecule has 0 spiro atoms. The fraction of sp³-hybridized carbons (Fsp3) is 0.476. The Kier molecular flexibility index (Phi) is 6.47. The highest BCUT2D eigenvalue weighted by Gasteiger charge is 2.16. The number of rotatable bonds is 6. The second kappa shape index (κ2) is 9.01. The van der Waals surface area contributed by atoms with Gasteiger partial charge in [0.05, 0.1) is 19.3 Å². The first kappa shape index (κ1) is 18.7. The molecule has 3 rings (SSSR count). The highest BCUT2D eigenvalue weighted by Crippen LogP contribution is 2.24. The second-order valence-electron chi connectivity index (χ2n) is 6.97. The first-order valence-electron chi connectivity index (χ1n) is 9.44. The van der Waals surface area contributed by atoms with Crippen molar-refractivity contribution in [3.63, 3.8) is 0 Å². The molecule has 140 valence electrons. The molecule has 1 atom stereocenters. The molecule has 1 fully saturated rings. The quantitative estimate of drug-likeness (QED) is 0.865. The largest absolute Gasteiger partial charge is 0.379 e. The van der Waals surface area contributed by atoms with Gasteiger partial charge in [-0.05, 0) is 29.7 Å². The van der Waals surface area contributed by atoms with Crippen molar-refractivity contribution >= 4 is 16.8 Å². The van der Waals surface area contributed by atoms with Crippen molar-refractivity contribution in [3.05, 3.63) is 48.0 Å². The fourth-order valence-electron chi connectivity index (χ4n) is 3.46. The molecule has 0 unspecified atom stereocenters. The third-order valence-electron chi connectivity index (χ3n) is 5.05. The zero-order valence-corrected chi connectivity index (χ0v) is 15.8. The monoisotopic (exact) mass is 355 g/mol. The first-order valence-corrected chi connectivity index (χ1v) is 9.44. The number of urea groups is 1. The van der Waals surface area contributed by atoms with Crippen molar-refractivity contribution in [1.82, 2.24) is 15.1 Å². The maximum Gasteiger partial charge on any atom is 0.317 e. The van der Waals surface area contributed by atoms with E-state index in [1.165, 1.54) is 10.8 Å². The smallest absolute Gasteiger partial charge is 0.317 e. The van der Waals surface area contributed by atoms with Crippen LogP contribution in [0.15, 0.2) is 42.5 Å². The lowest BCUT2D eigenvalue weighted by atomic mass is 10.00. The van der Waals surface area contributed by atoms with Crippen molar-refractivity contribution in [3.8, 4) is 0 Å². The minimum Gasteiger partial charge on any atom is -0.379 e. The number of nitrogens with one attached hydrogen (secondary N) is 1. The molecule has 0 aliphatic carbocycles. The van der Waals surface area contributed by atoms with Gasteiger partial charge in [0.2, 0.25) is 0 Å². The van der Waals surface area contributed by atoms with E-state index in [2.05, 4.69) is 34.5 Å². The minimum absolute atomic E-state index is 0.0209. The number of ether oxygens (including phenoxy) is 1. The van der Waals surface area contributed by atoms with E-state index in [0.717, 1.165) is 51.4 Å². The Morgan fingerprint density at radius 2 is 1.92 bits per heavy atom. The van der Waals surface area contributed by atoms with E-state index in [9.17, 15) is 4.79 Å². The standard InChI is InChI=1S/C21H29N3O2/c1-17(19-10-5-8-18-7-3-4-9-20(18)19)22-21(25)23(2)11-6-12-24-13-15-26-16-14-24/h3-5,7-10,17H,6,11-16H2,1-2H3,(H,22,25)/t17-/m0/s1. The van der Waals surface area contributed by atoms with Gasteiger partial charge in [-0.2, -0.15) is 0 Å². The third-order valence-corrected chi connectivity index (χ3v) is 5.05. The zero-order valence-electron chi connectivity index (χ0n) is 15.8. The summed E-state index contributed by atoms with van der Waals surface area (Å²) in [4.78, 5) is 16.7. The highest BCUT2D eigenvalue weighted by atomic mass is 16.5. The Balaban J connectivity index is 1.51. The van der Waals surface area contributed by atoms with Crippen LogP contribution in [0.3, 0.4) is 0 Å². The molecule has 26 heavy (non-hydrogen) atoms. The summed E-state index contributed by atoms with van der Waals surface area (Å²) < 4.78 is 5.37. The fourth-order valence-corrected chi connectivity index (χ4v) is 3.46. The molecule has 1 aliphatic heterocycles. The van der Waals surface area contributed by atoms with Crippen LogP contribution in [0.1, 0.15) is 24.9 Å². The number of amides is 2. The summed E-state index contributed by atoms with van der Waals surface area (Å²) in [5, 5.41) is 5.52. The van der Waals surface area contributed by atoms with Crippen LogP contribution in [-0.4, -0.2) is 62.3 Å². The summed E-state index contributed by atoms with van der Waals surface area (Å²) in [6.07, 6.45) is 0.979. The predicted molar refractivity (Wildman–Crippen MR) is 105 cm³/mol. The number of carbonyl (C=O) groups is 1. The minimum atomic E-state index is -0.0321. The lowest BCUT2D eigenvalue weighted by molar-refractivity contribution is 0.0367. The molecule has 1 N–H and O–H groups in total. The van der Waals surface area contributed by atoms with Gasteiger partial charge in [0.15, 0.2) is 0 Å². The van der Waals surface area contributed by atoms with E-state index in [1.54, 1.807) is 4.90 Å². The van der Waals surface area contributed by atoms with Crippen LogP contribution >= 0.6 is 0 Å². The van der Waals surface area contributed by atoms with Crippen LogP contribution in [0, 0.1) is 0 Å². The maximum atomic E-state index is 12.5. The lowest BCUT2D eigenvalue weighted by Crippen LogP contribution is -2.41. The van der Waals surface area contributed by atoms with Crippen LogP contribution in [-0.2, 0) is 4.74 Å². The summed E-state index contributed by atoms with van der Waals surface area (Å²) in [5.41, 5.74) is 1.15. The summed E-state index contributed by atoms with van der Waals surface area (Å²) >= 11 is 0. The molecular weight excluding hydrogens is 326 g/mol. The number of fused-ring (bicyclic) bond motifs is 1. The molecule has 5 heteroatoms. The Bertz CT molecular complexity index is 723. The van der Waals surface area contributed by atoms with Gasteiger partial charge in [-0.15, -0.1) is 0 Å². The summed E-state index contributed by atoms with van der Waals surface area (Å²) in [5.74, 6) is 0. The van der Waals surface area contributed by atoms with Crippen molar-refractivity contribution in [2.24, 2.45) is 0 Å². The summed E-state index contributed by atoms with van der Waals surface area (Å²) in [6, 6.07) is 14.5. The lowest BCUT2D eigenvalue weighted by Gasteiger charge is -2.27. The van der Waals surface area contributed by atoms with Gasteiger partial charge in [-0.25, -0.2) is 4.79 Å². The number of benzene rings is 2. The van der Waals surface area contributed by atoms with E-state index in [1.807, 2.05) is 32.2 Å². The van der Waals surface area contributed by atoms with Crippen LogP contribution in [0.4, 0.5) is 4.79 Å². The van der Waals surface area contributed by atoms with Crippen LogP contribution in [0.25, 0.3) is 10.8 Å². The van der Waals surface area contributed by atoms with E-state index in [0.29, 0.717) is 0 Å². The van der Waals surface area contributed by atoms with Gasteiger partial charge in [0.25, 0.3) is 0 Å². The first-order chi connectivity index (χ1) is 12.6. The molecule has 2 aromatic carbocycles. The van der Waals surface area contributed by atoms with E-state index < -0.39 is 0 Å². The Hall–Kier alpha value is -2.11. The van der Waals surface area contributed by atoms with Crippen molar-refractivity contribution < 1.29 is 9.53 Å². The molecule has 2 amide bonds. The van der Waals surface area contributed by atoms with Gasteiger partial charge in [-0.1, -0.05) is 42.5 Å². The van der Waals surface area contributed by atoms with E-state index in [4.69, 9.17) is 4.74 Å². The number of carbonyl (C=O) groups excluding carboxylic acids is 1. The number of nitrogens with zero attached hydrogens (tertiary/aromatic N) is 2. The molecule has 1 saturated heterocycles. The van der Waals surface area contributed by atoms with Crippen LogP contribution < -0.4 is 5.32 Å². The van der Waals surface area contributed by atoms with Gasteiger partial charge < -0.3 is 15.0 Å². The van der Waals surface area contributed by atoms with E-state index in [-0.39, 0.29) is 12.1 Å². The molecule has 1 aliphatic rings. The average Bonchev–Trinajstić information content (AvgIpc) is 2.68. The van der Waals surface area contributed by atoms with Gasteiger partial charge in [0, 0.05) is 33.2 Å². The Labute approximate surface area is 155 Å². The predicted octanol–water partition coefficient (Wildman–Crippen LogP) is 3.26. The normalized spacial score (nSPS) is 16.4. The molecule has 0 saturated carbocycles. The number of morpholine rings is 1.